The van der Waals surface area contributed by atoms with Gasteiger partial charge in [0.1, 0.15) is 0 Å². The highest BCUT2D eigenvalue weighted by Crippen LogP contribution is 2.28. The van der Waals surface area contributed by atoms with E-state index < -0.39 is 0 Å². The van der Waals surface area contributed by atoms with Crippen molar-refractivity contribution < 1.29 is 13.9 Å². The van der Waals surface area contributed by atoms with Crippen LogP contribution in [-0.4, -0.2) is 17.5 Å². The minimum atomic E-state index is -0.291. The molecule has 2 aromatic heterocycles. The molecule has 0 bridgehead atoms. The molecule has 100 valence electrons. The predicted octanol–water partition coefficient (Wildman–Crippen LogP) is 3.13. The van der Waals surface area contributed by atoms with Crippen LogP contribution < -0.4 is 5.32 Å². The Kier molecular flexibility index (Phi) is 3.42. The second-order valence-corrected chi connectivity index (χ2v) is 6.02. The number of fused-ring (bicyclic) bond motifs is 1. The van der Waals surface area contributed by atoms with E-state index >= 15 is 0 Å². The van der Waals surface area contributed by atoms with Crippen molar-refractivity contribution in [3.05, 3.63) is 32.6 Å². The Balaban J connectivity index is 1.77. The molecular weight excluding hydrogens is 332 g/mol. The molecule has 2 aromatic rings. The molecule has 1 aliphatic rings. The van der Waals surface area contributed by atoms with E-state index in [0.29, 0.717) is 23.0 Å². The van der Waals surface area contributed by atoms with Crippen LogP contribution in [0.1, 0.15) is 26.7 Å². The Morgan fingerprint density at radius 2 is 2.42 bits per heavy atom. The molecule has 3 heterocycles. The number of rotatable bonds is 2. The number of amides is 1. The Hall–Kier alpha value is -1.18. The van der Waals surface area contributed by atoms with Gasteiger partial charge in [-0.1, -0.05) is 11.3 Å². The molecular formula is C12H11BrN2O3S. The SMILES string of the molecule is Cc1cc(C(=O)Nc2nc3c(s2)COCC3)oc1Br. The molecule has 0 unspecified atom stereocenters. The lowest BCUT2D eigenvalue weighted by molar-refractivity contribution is 0.0995. The number of hydrogen-bond donors (Lipinski definition) is 1. The number of hydrogen-bond acceptors (Lipinski definition) is 5. The van der Waals surface area contributed by atoms with Gasteiger partial charge in [-0.2, -0.15) is 0 Å². The smallest absolute Gasteiger partial charge is 0.293 e. The number of aryl methyl sites for hydroxylation is 1. The number of halogens is 1. The maximum atomic E-state index is 12.0. The molecule has 0 radical (unpaired) electrons. The summed E-state index contributed by atoms with van der Waals surface area (Å²) in [5, 5.41) is 3.34. The maximum absolute atomic E-state index is 12.0. The number of nitrogens with zero attached hydrogens (tertiary/aromatic N) is 1. The van der Waals surface area contributed by atoms with E-state index in [-0.39, 0.29) is 11.7 Å². The third-order valence-corrected chi connectivity index (χ3v) is 4.57. The molecule has 0 aliphatic carbocycles. The molecule has 1 N–H and O–H groups in total. The average Bonchev–Trinajstić information content (AvgIpc) is 2.93. The number of thiazole rings is 1. The lowest BCUT2D eigenvalue weighted by Gasteiger charge is -2.08. The Bertz CT molecular complexity index is 592. The van der Waals surface area contributed by atoms with Gasteiger partial charge >= 0.3 is 0 Å². The topological polar surface area (TPSA) is 64.4 Å². The van der Waals surface area contributed by atoms with Crippen molar-refractivity contribution >= 4 is 38.3 Å². The lowest BCUT2D eigenvalue weighted by Crippen LogP contribution is -2.11. The Morgan fingerprint density at radius 3 is 3.11 bits per heavy atom. The molecule has 1 amide bonds. The highest BCUT2D eigenvalue weighted by Gasteiger charge is 2.19. The third kappa shape index (κ3) is 2.58. The van der Waals surface area contributed by atoms with Gasteiger partial charge in [-0.05, 0) is 28.9 Å². The zero-order chi connectivity index (χ0) is 13.4. The van der Waals surface area contributed by atoms with E-state index in [9.17, 15) is 4.79 Å². The van der Waals surface area contributed by atoms with E-state index in [0.717, 1.165) is 22.6 Å². The van der Waals surface area contributed by atoms with Gasteiger partial charge in [-0.25, -0.2) is 4.98 Å². The van der Waals surface area contributed by atoms with Crippen molar-refractivity contribution in [2.75, 3.05) is 11.9 Å². The Morgan fingerprint density at radius 1 is 1.58 bits per heavy atom. The van der Waals surface area contributed by atoms with E-state index in [4.69, 9.17) is 9.15 Å². The van der Waals surface area contributed by atoms with E-state index in [1.807, 2.05) is 6.92 Å². The highest BCUT2D eigenvalue weighted by atomic mass is 79.9. The number of carbonyl (C=O) groups excluding carboxylic acids is 1. The monoisotopic (exact) mass is 342 g/mol. The summed E-state index contributed by atoms with van der Waals surface area (Å²) in [5.41, 5.74) is 1.90. The van der Waals surface area contributed by atoms with Crippen molar-refractivity contribution in [2.45, 2.75) is 20.0 Å². The molecule has 0 saturated carbocycles. The first-order valence-corrected chi connectivity index (χ1v) is 7.38. The highest BCUT2D eigenvalue weighted by molar-refractivity contribution is 9.10. The summed E-state index contributed by atoms with van der Waals surface area (Å²) in [4.78, 5) is 17.5. The van der Waals surface area contributed by atoms with Gasteiger partial charge in [0.15, 0.2) is 15.6 Å². The molecule has 3 rings (SSSR count). The number of ether oxygens (including phenoxy) is 1. The number of carbonyl (C=O) groups is 1. The zero-order valence-electron chi connectivity index (χ0n) is 10.2. The average molecular weight is 343 g/mol. The number of nitrogens with one attached hydrogen (secondary N) is 1. The van der Waals surface area contributed by atoms with Gasteiger partial charge in [0.05, 0.1) is 23.8 Å². The normalized spacial score (nSPS) is 14.2. The van der Waals surface area contributed by atoms with Crippen LogP contribution in [0.4, 0.5) is 5.13 Å². The fourth-order valence-electron chi connectivity index (χ4n) is 1.81. The fraction of sp³-hybridized carbons (Fsp3) is 0.333. The minimum Gasteiger partial charge on any atom is -0.444 e. The third-order valence-electron chi connectivity index (χ3n) is 2.80. The van der Waals surface area contributed by atoms with Gasteiger partial charge in [-0.15, -0.1) is 0 Å². The van der Waals surface area contributed by atoms with E-state index in [2.05, 4.69) is 26.2 Å². The van der Waals surface area contributed by atoms with Crippen LogP contribution in [0.3, 0.4) is 0 Å². The first-order chi connectivity index (χ1) is 9.13. The van der Waals surface area contributed by atoms with Gasteiger partial charge in [0.2, 0.25) is 0 Å². The molecule has 0 aromatic carbocycles. The molecule has 0 fully saturated rings. The van der Waals surface area contributed by atoms with Gasteiger partial charge in [-0.3, -0.25) is 10.1 Å². The molecule has 0 atom stereocenters. The Labute approximate surface area is 122 Å². The van der Waals surface area contributed by atoms with Crippen LogP contribution in [0.5, 0.6) is 0 Å². The minimum absolute atomic E-state index is 0.272. The molecule has 0 saturated heterocycles. The number of aromatic nitrogens is 1. The quantitative estimate of drug-likeness (QED) is 0.910. The predicted molar refractivity (Wildman–Crippen MR) is 74.6 cm³/mol. The van der Waals surface area contributed by atoms with Crippen molar-refractivity contribution in [2.24, 2.45) is 0 Å². The van der Waals surface area contributed by atoms with Gasteiger partial charge in [0.25, 0.3) is 5.91 Å². The summed E-state index contributed by atoms with van der Waals surface area (Å²) in [5.74, 6) is -0.0189. The molecule has 19 heavy (non-hydrogen) atoms. The summed E-state index contributed by atoms with van der Waals surface area (Å²) in [6.45, 7) is 3.13. The summed E-state index contributed by atoms with van der Waals surface area (Å²) in [6, 6.07) is 1.69. The number of anilines is 1. The number of furan rings is 1. The largest absolute Gasteiger partial charge is 0.444 e. The molecule has 1 aliphatic heterocycles. The van der Waals surface area contributed by atoms with Crippen LogP contribution in [0.2, 0.25) is 0 Å². The fourth-order valence-corrected chi connectivity index (χ4v) is 3.04. The first-order valence-electron chi connectivity index (χ1n) is 5.77. The summed E-state index contributed by atoms with van der Waals surface area (Å²) >= 11 is 4.69. The molecule has 0 spiro atoms. The molecule has 5 nitrogen and oxygen atoms in total. The van der Waals surface area contributed by atoms with E-state index in [1.165, 1.54) is 11.3 Å². The zero-order valence-corrected chi connectivity index (χ0v) is 12.6. The lowest BCUT2D eigenvalue weighted by atomic mass is 10.2. The van der Waals surface area contributed by atoms with Crippen molar-refractivity contribution in [1.29, 1.82) is 0 Å². The first kappa shape index (κ1) is 12.8. The molecule has 7 heteroatoms. The summed E-state index contributed by atoms with van der Waals surface area (Å²) in [7, 11) is 0. The summed E-state index contributed by atoms with van der Waals surface area (Å²) in [6.07, 6.45) is 0.799. The van der Waals surface area contributed by atoms with Gasteiger partial charge in [0, 0.05) is 12.0 Å². The van der Waals surface area contributed by atoms with Crippen LogP contribution >= 0.6 is 27.3 Å². The van der Waals surface area contributed by atoms with Crippen LogP contribution in [0, 0.1) is 6.92 Å². The van der Waals surface area contributed by atoms with Crippen molar-refractivity contribution in [3.63, 3.8) is 0 Å². The second kappa shape index (κ2) is 5.07. The maximum Gasteiger partial charge on any atom is 0.293 e. The van der Waals surface area contributed by atoms with Crippen molar-refractivity contribution in [1.82, 2.24) is 4.98 Å². The van der Waals surface area contributed by atoms with Gasteiger partial charge < -0.3 is 9.15 Å². The standard InChI is InChI=1S/C12H11BrN2O3S/c1-6-4-8(18-10(6)13)11(16)15-12-14-7-2-3-17-5-9(7)19-12/h4H,2-3,5H2,1H3,(H,14,15,16). The van der Waals surface area contributed by atoms with Crippen LogP contribution in [0.15, 0.2) is 15.2 Å². The van der Waals surface area contributed by atoms with Crippen LogP contribution in [-0.2, 0) is 17.8 Å². The van der Waals surface area contributed by atoms with Crippen molar-refractivity contribution in [3.8, 4) is 0 Å². The summed E-state index contributed by atoms with van der Waals surface area (Å²) < 4.78 is 11.2. The second-order valence-electron chi connectivity index (χ2n) is 4.21. The van der Waals surface area contributed by atoms with Crippen LogP contribution in [0.25, 0.3) is 0 Å². The van der Waals surface area contributed by atoms with E-state index in [1.54, 1.807) is 6.07 Å².